The van der Waals surface area contributed by atoms with Crippen LogP contribution in [0.1, 0.15) is 20.8 Å². The number of hydrogen-bond donors (Lipinski definition) is 1. The molecule has 1 fully saturated rings. The van der Waals surface area contributed by atoms with Crippen molar-refractivity contribution in [2.24, 2.45) is 0 Å². The van der Waals surface area contributed by atoms with Gasteiger partial charge in [-0.2, -0.15) is 5.26 Å². The first-order valence-electron chi connectivity index (χ1n) is 9.66. The number of piperazine rings is 1. The molecule has 156 valence electrons. The maximum atomic E-state index is 13.0. The third kappa shape index (κ3) is 3.93. The summed E-state index contributed by atoms with van der Waals surface area (Å²) in [6.45, 7) is 2.93. The number of rotatable bonds is 5. The molecule has 3 aromatic rings. The van der Waals surface area contributed by atoms with E-state index in [1.165, 1.54) is 35.6 Å². The summed E-state index contributed by atoms with van der Waals surface area (Å²) < 4.78 is 0. The minimum absolute atomic E-state index is 0.129. The Balaban J connectivity index is 1.59. The van der Waals surface area contributed by atoms with Gasteiger partial charge >= 0.3 is 0 Å². The molecule has 2 heterocycles. The molecule has 0 aliphatic carbocycles. The van der Waals surface area contributed by atoms with Gasteiger partial charge in [0.2, 0.25) is 5.78 Å². The number of anilines is 3. The van der Waals surface area contributed by atoms with E-state index in [1.54, 1.807) is 0 Å². The first-order chi connectivity index (χ1) is 15.0. The van der Waals surface area contributed by atoms with Crippen molar-refractivity contribution in [1.29, 1.82) is 5.26 Å². The molecular weight excluding hydrogens is 414 g/mol. The molecule has 1 aromatic heterocycles. The van der Waals surface area contributed by atoms with Crippen LogP contribution in [-0.2, 0) is 0 Å². The van der Waals surface area contributed by atoms with Crippen LogP contribution in [0.5, 0.6) is 0 Å². The van der Waals surface area contributed by atoms with Crippen LogP contribution in [0.3, 0.4) is 0 Å². The number of nitrogen functional groups attached to an aromatic ring is 1. The van der Waals surface area contributed by atoms with Gasteiger partial charge in [0.15, 0.2) is 0 Å². The number of nitro groups is 1. The van der Waals surface area contributed by atoms with Gasteiger partial charge in [0, 0.05) is 49.6 Å². The minimum Gasteiger partial charge on any atom is -0.396 e. The Morgan fingerprint density at radius 1 is 1.06 bits per heavy atom. The lowest BCUT2D eigenvalue weighted by Gasteiger charge is -2.36. The Bertz CT molecular complexity index is 1180. The summed E-state index contributed by atoms with van der Waals surface area (Å²) in [6.07, 6.45) is 0. The number of para-hydroxylation sites is 1. The van der Waals surface area contributed by atoms with Gasteiger partial charge in [0.05, 0.1) is 10.6 Å². The lowest BCUT2D eigenvalue weighted by molar-refractivity contribution is -0.384. The highest BCUT2D eigenvalue weighted by molar-refractivity contribution is 7.19. The number of thiophene rings is 1. The molecular formula is C22H19N5O3S. The van der Waals surface area contributed by atoms with E-state index in [0.29, 0.717) is 18.1 Å². The predicted molar refractivity (Wildman–Crippen MR) is 121 cm³/mol. The molecule has 0 saturated carbocycles. The third-order valence-corrected chi connectivity index (χ3v) is 6.52. The number of nitriles is 1. The van der Waals surface area contributed by atoms with Crippen LogP contribution >= 0.6 is 11.3 Å². The van der Waals surface area contributed by atoms with Gasteiger partial charge < -0.3 is 15.5 Å². The Morgan fingerprint density at radius 2 is 1.74 bits per heavy atom. The molecule has 4 rings (SSSR count). The van der Waals surface area contributed by atoms with Crippen molar-refractivity contribution < 1.29 is 9.72 Å². The molecule has 1 saturated heterocycles. The lowest BCUT2D eigenvalue weighted by Crippen LogP contribution is -2.46. The summed E-state index contributed by atoms with van der Waals surface area (Å²) in [5.41, 5.74) is 7.74. The Morgan fingerprint density at radius 3 is 2.39 bits per heavy atom. The van der Waals surface area contributed by atoms with Crippen molar-refractivity contribution in [2.45, 2.75) is 0 Å². The van der Waals surface area contributed by atoms with Crippen LogP contribution in [0.4, 0.5) is 22.1 Å². The topological polar surface area (TPSA) is 116 Å². The standard InChI is InChI=1S/C22H19N5O3S/c23-14-18-19(24)21(20(28)15-5-4-8-17(13-15)27(29)30)31-22(18)26-11-9-25(10-12-26)16-6-2-1-3-7-16/h1-8,13H,9-12,24H2. The van der Waals surface area contributed by atoms with Gasteiger partial charge in [-0.15, -0.1) is 11.3 Å². The van der Waals surface area contributed by atoms with E-state index >= 15 is 0 Å². The summed E-state index contributed by atoms with van der Waals surface area (Å²) >= 11 is 1.17. The number of non-ortho nitro benzene ring substituents is 1. The summed E-state index contributed by atoms with van der Waals surface area (Å²) in [4.78, 5) is 28.1. The smallest absolute Gasteiger partial charge is 0.270 e. The number of nitrogens with zero attached hydrogens (tertiary/aromatic N) is 4. The average Bonchev–Trinajstić information content (AvgIpc) is 3.15. The molecule has 2 N–H and O–H groups in total. The average molecular weight is 433 g/mol. The number of nitro benzene ring substituents is 1. The SMILES string of the molecule is N#Cc1c(N2CCN(c3ccccc3)CC2)sc(C(=O)c2cccc([N+](=O)[O-])c2)c1N. The van der Waals surface area contributed by atoms with Crippen LogP contribution in [-0.4, -0.2) is 36.9 Å². The fraction of sp³-hybridized carbons (Fsp3) is 0.182. The van der Waals surface area contributed by atoms with E-state index in [1.807, 2.05) is 18.2 Å². The van der Waals surface area contributed by atoms with Crippen LogP contribution < -0.4 is 15.5 Å². The first-order valence-corrected chi connectivity index (χ1v) is 10.5. The van der Waals surface area contributed by atoms with Crippen molar-refractivity contribution >= 4 is 39.2 Å². The first kappa shape index (κ1) is 20.4. The molecule has 0 atom stereocenters. The largest absolute Gasteiger partial charge is 0.396 e. The number of carbonyl (C=O) groups is 1. The molecule has 31 heavy (non-hydrogen) atoms. The van der Waals surface area contributed by atoms with Crippen molar-refractivity contribution in [3.63, 3.8) is 0 Å². The molecule has 2 aromatic carbocycles. The molecule has 0 bridgehead atoms. The maximum absolute atomic E-state index is 13.0. The molecule has 0 unspecified atom stereocenters. The summed E-state index contributed by atoms with van der Waals surface area (Å²) in [5.74, 6) is -0.420. The predicted octanol–water partition coefficient (Wildman–Crippen LogP) is 3.67. The van der Waals surface area contributed by atoms with Gasteiger partial charge in [-0.3, -0.25) is 14.9 Å². The Labute approximate surface area is 182 Å². The quantitative estimate of drug-likeness (QED) is 0.371. The highest BCUT2D eigenvalue weighted by Crippen LogP contribution is 2.39. The third-order valence-electron chi connectivity index (χ3n) is 5.25. The highest BCUT2D eigenvalue weighted by atomic mass is 32.1. The Kier molecular flexibility index (Phi) is 5.56. The number of nitrogens with two attached hydrogens (primary N) is 1. The second kappa shape index (κ2) is 8.45. The van der Waals surface area contributed by atoms with Gasteiger partial charge in [0.25, 0.3) is 5.69 Å². The molecule has 0 radical (unpaired) electrons. The zero-order valence-electron chi connectivity index (χ0n) is 16.5. The zero-order valence-corrected chi connectivity index (χ0v) is 17.3. The maximum Gasteiger partial charge on any atom is 0.270 e. The van der Waals surface area contributed by atoms with E-state index in [9.17, 15) is 20.2 Å². The number of hydrogen-bond acceptors (Lipinski definition) is 8. The van der Waals surface area contributed by atoms with Gasteiger partial charge in [0.1, 0.15) is 21.5 Å². The van der Waals surface area contributed by atoms with E-state index in [4.69, 9.17) is 5.73 Å². The molecule has 0 spiro atoms. The van der Waals surface area contributed by atoms with Crippen molar-refractivity contribution in [2.75, 3.05) is 41.7 Å². The van der Waals surface area contributed by atoms with E-state index in [2.05, 4.69) is 28.0 Å². The summed E-state index contributed by atoms with van der Waals surface area (Å²) in [6, 6.07) is 17.8. The Hall–Kier alpha value is -3.90. The molecule has 1 aliphatic rings. The van der Waals surface area contributed by atoms with E-state index < -0.39 is 10.7 Å². The van der Waals surface area contributed by atoms with Crippen molar-refractivity contribution in [3.8, 4) is 6.07 Å². The second-order valence-corrected chi connectivity index (χ2v) is 8.08. The van der Waals surface area contributed by atoms with Gasteiger partial charge in [-0.25, -0.2) is 0 Å². The molecule has 1 aliphatic heterocycles. The molecule has 0 amide bonds. The minimum atomic E-state index is -0.549. The summed E-state index contributed by atoms with van der Waals surface area (Å²) in [7, 11) is 0. The zero-order chi connectivity index (χ0) is 22.0. The fourth-order valence-corrected chi connectivity index (χ4v) is 4.81. The molecule has 9 heteroatoms. The fourth-order valence-electron chi connectivity index (χ4n) is 3.63. The molecule has 8 nitrogen and oxygen atoms in total. The van der Waals surface area contributed by atoms with E-state index in [-0.39, 0.29) is 27.4 Å². The highest BCUT2D eigenvalue weighted by Gasteiger charge is 2.28. The summed E-state index contributed by atoms with van der Waals surface area (Å²) in [5, 5.41) is 21.4. The van der Waals surface area contributed by atoms with Crippen LogP contribution in [0, 0.1) is 21.4 Å². The van der Waals surface area contributed by atoms with Crippen molar-refractivity contribution in [3.05, 3.63) is 80.7 Å². The lowest BCUT2D eigenvalue weighted by atomic mass is 10.1. The number of benzene rings is 2. The van der Waals surface area contributed by atoms with Gasteiger partial charge in [-0.1, -0.05) is 30.3 Å². The number of ketones is 1. The van der Waals surface area contributed by atoms with Crippen LogP contribution in [0.2, 0.25) is 0 Å². The van der Waals surface area contributed by atoms with Crippen molar-refractivity contribution in [1.82, 2.24) is 0 Å². The normalized spacial score (nSPS) is 13.6. The monoisotopic (exact) mass is 433 g/mol. The van der Waals surface area contributed by atoms with Crippen LogP contribution in [0.25, 0.3) is 0 Å². The number of carbonyl (C=O) groups excluding carboxylic acids is 1. The van der Waals surface area contributed by atoms with Gasteiger partial charge in [-0.05, 0) is 12.1 Å². The van der Waals surface area contributed by atoms with E-state index in [0.717, 1.165) is 18.8 Å². The second-order valence-electron chi connectivity index (χ2n) is 7.08. The van der Waals surface area contributed by atoms with Crippen LogP contribution in [0.15, 0.2) is 54.6 Å².